The van der Waals surface area contributed by atoms with E-state index in [-0.39, 0.29) is 4.75 Å². The van der Waals surface area contributed by atoms with Crippen molar-refractivity contribution in [3.63, 3.8) is 0 Å². The first kappa shape index (κ1) is 21.1. The summed E-state index contributed by atoms with van der Waals surface area (Å²) in [7, 11) is 1.74. The Morgan fingerprint density at radius 3 is 2.57 bits per heavy atom. The van der Waals surface area contributed by atoms with Gasteiger partial charge in [-0.2, -0.15) is 11.8 Å². The molecule has 1 aromatic carbocycles. The lowest BCUT2D eigenvalue weighted by Gasteiger charge is -2.39. The van der Waals surface area contributed by atoms with Gasteiger partial charge in [-0.1, -0.05) is 12.1 Å². The van der Waals surface area contributed by atoms with E-state index >= 15 is 0 Å². The van der Waals surface area contributed by atoms with Crippen LogP contribution in [0.5, 0.6) is 5.75 Å². The standard InChI is InChI=1S/C21H34N4O2S/c1-4-22-20(23-17-21(28-3)9-15-27-16-10-21)25-13-11-24(12-14-25)18-7-5-6-8-19(18)26-2/h5-8H,4,9-17H2,1-3H3,(H,22,23). The van der Waals surface area contributed by atoms with Crippen LogP contribution in [0, 0.1) is 0 Å². The molecule has 0 radical (unpaired) electrons. The second kappa shape index (κ2) is 10.3. The minimum Gasteiger partial charge on any atom is -0.495 e. The first-order chi connectivity index (χ1) is 13.7. The Hall–Kier alpha value is -1.60. The van der Waals surface area contributed by atoms with Crippen molar-refractivity contribution in [3.05, 3.63) is 24.3 Å². The maximum atomic E-state index is 5.57. The van der Waals surface area contributed by atoms with E-state index in [2.05, 4.69) is 40.4 Å². The van der Waals surface area contributed by atoms with Gasteiger partial charge >= 0.3 is 0 Å². The summed E-state index contributed by atoms with van der Waals surface area (Å²) in [6.07, 6.45) is 4.37. The second-order valence-corrected chi connectivity index (χ2v) is 8.59. The van der Waals surface area contributed by atoms with E-state index in [1.807, 2.05) is 23.9 Å². The van der Waals surface area contributed by atoms with Gasteiger partial charge in [0.2, 0.25) is 0 Å². The minimum absolute atomic E-state index is 0.220. The molecule has 0 unspecified atom stereocenters. The smallest absolute Gasteiger partial charge is 0.194 e. The fraction of sp³-hybridized carbons (Fsp3) is 0.667. The topological polar surface area (TPSA) is 49.3 Å². The number of guanidine groups is 1. The number of para-hydroxylation sites is 2. The lowest BCUT2D eigenvalue weighted by Crippen LogP contribution is -2.53. The largest absolute Gasteiger partial charge is 0.495 e. The van der Waals surface area contributed by atoms with Crippen molar-refractivity contribution in [3.8, 4) is 5.75 Å². The summed E-state index contributed by atoms with van der Waals surface area (Å²) < 4.78 is 11.3. The number of nitrogens with one attached hydrogen (secondary N) is 1. The molecule has 0 aliphatic carbocycles. The predicted molar refractivity (Wildman–Crippen MR) is 119 cm³/mol. The Balaban J connectivity index is 1.64. The third-order valence-electron chi connectivity index (χ3n) is 5.69. The normalized spacial score (nSPS) is 20.2. The van der Waals surface area contributed by atoms with E-state index in [9.17, 15) is 0 Å². The number of piperazine rings is 1. The molecule has 156 valence electrons. The number of thioether (sulfide) groups is 1. The fourth-order valence-electron chi connectivity index (χ4n) is 3.87. The first-order valence-electron chi connectivity index (χ1n) is 10.3. The second-order valence-electron chi connectivity index (χ2n) is 7.32. The van der Waals surface area contributed by atoms with Crippen molar-refractivity contribution in [1.29, 1.82) is 0 Å². The molecule has 0 atom stereocenters. The number of hydrogen-bond acceptors (Lipinski definition) is 5. The molecule has 0 amide bonds. The predicted octanol–water partition coefficient (Wildman–Crippen LogP) is 2.69. The van der Waals surface area contributed by atoms with Crippen LogP contribution in [0.4, 0.5) is 5.69 Å². The van der Waals surface area contributed by atoms with Crippen molar-refractivity contribution in [2.45, 2.75) is 24.5 Å². The van der Waals surface area contributed by atoms with Gasteiger partial charge in [0.25, 0.3) is 0 Å². The average Bonchev–Trinajstić information content (AvgIpc) is 2.77. The summed E-state index contributed by atoms with van der Waals surface area (Å²) in [6.45, 7) is 9.43. The van der Waals surface area contributed by atoms with E-state index in [0.717, 1.165) is 77.0 Å². The van der Waals surface area contributed by atoms with Crippen LogP contribution in [-0.2, 0) is 4.74 Å². The molecule has 2 aliphatic rings. The van der Waals surface area contributed by atoms with Gasteiger partial charge in [-0.05, 0) is 38.2 Å². The summed E-state index contributed by atoms with van der Waals surface area (Å²) in [5.74, 6) is 1.99. The quantitative estimate of drug-likeness (QED) is 0.579. The molecule has 2 saturated heterocycles. The Labute approximate surface area is 173 Å². The van der Waals surface area contributed by atoms with E-state index in [1.54, 1.807) is 7.11 Å². The lowest BCUT2D eigenvalue weighted by atomic mass is 9.99. The molecule has 0 saturated carbocycles. The van der Waals surface area contributed by atoms with E-state index in [1.165, 1.54) is 5.69 Å². The molecule has 0 spiro atoms. The zero-order valence-corrected chi connectivity index (χ0v) is 18.3. The van der Waals surface area contributed by atoms with Crippen molar-refractivity contribution in [2.75, 3.05) is 70.7 Å². The minimum atomic E-state index is 0.220. The average molecular weight is 407 g/mol. The van der Waals surface area contributed by atoms with Gasteiger partial charge in [-0.3, -0.25) is 4.99 Å². The van der Waals surface area contributed by atoms with Crippen molar-refractivity contribution < 1.29 is 9.47 Å². The zero-order chi connectivity index (χ0) is 19.8. The summed E-state index contributed by atoms with van der Waals surface area (Å²) >= 11 is 1.95. The van der Waals surface area contributed by atoms with Gasteiger partial charge in [0.15, 0.2) is 5.96 Å². The highest BCUT2D eigenvalue weighted by molar-refractivity contribution is 8.00. The molecule has 0 aromatic heterocycles. The number of aliphatic imine (C=N–C) groups is 1. The molecule has 28 heavy (non-hydrogen) atoms. The van der Waals surface area contributed by atoms with Crippen molar-refractivity contribution >= 4 is 23.4 Å². The van der Waals surface area contributed by atoms with Gasteiger partial charge in [-0.25, -0.2) is 0 Å². The van der Waals surface area contributed by atoms with E-state index < -0.39 is 0 Å². The summed E-state index contributed by atoms with van der Waals surface area (Å²) in [5.41, 5.74) is 1.18. The Kier molecular flexibility index (Phi) is 7.73. The monoisotopic (exact) mass is 406 g/mol. The Morgan fingerprint density at radius 1 is 1.21 bits per heavy atom. The molecular formula is C21H34N4O2S. The van der Waals surface area contributed by atoms with Crippen LogP contribution >= 0.6 is 11.8 Å². The third-order valence-corrected chi connectivity index (χ3v) is 7.10. The highest BCUT2D eigenvalue weighted by atomic mass is 32.2. The van der Waals surface area contributed by atoms with E-state index in [0.29, 0.717) is 0 Å². The van der Waals surface area contributed by atoms with Gasteiger partial charge in [-0.15, -0.1) is 0 Å². The summed E-state index contributed by atoms with van der Waals surface area (Å²) in [5, 5.41) is 3.50. The van der Waals surface area contributed by atoms with Crippen LogP contribution in [0.1, 0.15) is 19.8 Å². The van der Waals surface area contributed by atoms with Crippen LogP contribution in [0.3, 0.4) is 0 Å². The molecule has 7 heteroatoms. The maximum Gasteiger partial charge on any atom is 0.194 e. The molecule has 6 nitrogen and oxygen atoms in total. The Morgan fingerprint density at radius 2 is 1.93 bits per heavy atom. The fourth-order valence-corrected chi connectivity index (χ4v) is 4.63. The lowest BCUT2D eigenvalue weighted by molar-refractivity contribution is 0.0793. The highest BCUT2D eigenvalue weighted by Gasteiger charge is 2.32. The molecule has 2 fully saturated rings. The van der Waals surface area contributed by atoms with Gasteiger partial charge in [0.05, 0.1) is 19.3 Å². The third kappa shape index (κ3) is 5.06. The van der Waals surface area contributed by atoms with Gasteiger partial charge in [0.1, 0.15) is 5.75 Å². The maximum absolute atomic E-state index is 5.57. The van der Waals surface area contributed by atoms with Crippen LogP contribution in [0.2, 0.25) is 0 Å². The molecule has 1 N–H and O–H groups in total. The van der Waals surface area contributed by atoms with Crippen LogP contribution in [0.25, 0.3) is 0 Å². The molecule has 3 rings (SSSR count). The molecule has 0 bridgehead atoms. The zero-order valence-electron chi connectivity index (χ0n) is 17.4. The number of methoxy groups -OCH3 is 1. The number of benzene rings is 1. The molecule has 2 heterocycles. The number of hydrogen-bond donors (Lipinski definition) is 1. The van der Waals surface area contributed by atoms with Gasteiger partial charge < -0.3 is 24.6 Å². The molecule has 1 aromatic rings. The first-order valence-corrected chi connectivity index (χ1v) is 11.5. The van der Waals surface area contributed by atoms with E-state index in [4.69, 9.17) is 14.5 Å². The Bertz CT molecular complexity index is 641. The summed E-state index contributed by atoms with van der Waals surface area (Å²) in [4.78, 5) is 9.84. The highest BCUT2D eigenvalue weighted by Crippen LogP contribution is 2.34. The SMILES string of the molecule is CCNC(=NCC1(SC)CCOCC1)N1CCN(c2ccccc2OC)CC1. The number of anilines is 1. The van der Waals surface area contributed by atoms with Crippen LogP contribution < -0.4 is 15.0 Å². The number of rotatable bonds is 6. The van der Waals surface area contributed by atoms with Crippen molar-refractivity contribution in [2.24, 2.45) is 4.99 Å². The molecular weight excluding hydrogens is 372 g/mol. The molecule has 2 aliphatic heterocycles. The van der Waals surface area contributed by atoms with Gasteiger partial charge in [0, 0.05) is 50.7 Å². The summed E-state index contributed by atoms with van der Waals surface area (Å²) in [6, 6.07) is 8.27. The van der Waals surface area contributed by atoms with Crippen molar-refractivity contribution in [1.82, 2.24) is 10.2 Å². The van der Waals surface area contributed by atoms with Crippen LogP contribution in [0.15, 0.2) is 29.3 Å². The van der Waals surface area contributed by atoms with Crippen LogP contribution in [-0.4, -0.2) is 81.5 Å². The number of ether oxygens (including phenoxy) is 2. The number of nitrogens with zero attached hydrogens (tertiary/aromatic N) is 3.